The first-order chi connectivity index (χ1) is 7.99. The number of aliphatic carboxylic acids is 1. The SMILES string of the molecule is CC(C)NC(=O)N1CCCN(CC(=O)O)CC1. The maximum atomic E-state index is 11.8. The number of carbonyl (C=O) groups is 2. The number of amides is 2. The van der Waals surface area contributed by atoms with Crippen LogP contribution in [0.4, 0.5) is 4.79 Å². The van der Waals surface area contributed by atoms with Crippen molar-refractivity contribution in [3.05, 3.63) is 0 Å². The summed E-state index contributed by atoms with van der Waals surface area (Å²) in [5.74, 6) is -0.815. The van der Waals surface area contributed by atoms with Crippen LogP contribution in [0.25, 0.3) is 0 Å². The second kappa shape index (κ2) is 6.44. The van der Waals surface area contributed by atoms with E-state index in [2.05, 4.69) is 5.32 Å². The van der Waals surface area contributed by atoms with Gasteiger partial charge in [-0.3, -0.25) is 9.69 Å². The summed E-state index contributed by atoms with van der Waals surface area (Å²) < 4.78 is 0. The van der Waals surface area contributed by atoms with Crippen molar-refractivity contribution in [3.63, 3.8) is 0 Å². The van der Waals surface area contributed by atoms with E-state index in [0.29, 0.717) is 19.6 Å². The third-order valence-corrected chi connectivity index (χ3v) is 2.65. The molecule has 0 saturated carbocycles. The minimum absolute atomic E-state index is 0.0552. The summed E-state index contributed by atoms with van der Waals surface area (Å²) in [6.45, 7) is 6.54. The number of carboxylic acid groups (broad SMARTS) is 1. The van der Waals surface area contributed by atoms with Gasteiger partial charge in [-0.05, 0) is 20.3 Å². The first kappa shape index (κ1) is 13.8. The molecule has 98 valence electrons. The van der Waals surface area contributed by atoms with Gasteiger partial charge in [-0.25, -0.2) is 4.79 Å². The third kappa shape index (κ3) is 5.04. The molecule has 0 aliphatic carbocycles. The maximum absolute atomic E-state index is 11.8. The van der Waals surface area contributed by atoms with Crippen molar-refractivity contribution in [1.82, 2.24) is 15.1 Å². The molecule has 0 unspecified atom stereocenters. The van der Waals surface area contributed by atoms with Crippen molar-refractivity contribution in [3.8, 4) is 0 Å². The van der Waals surface area contributed by atoms with Gasteiger partial charge in [0.05, 0.1) is 6.54 Å². The molecule has 0 bridgehead atoms. The zero-order chi connectivity index (χ0) is 12.8. The molecule has 0 spiro atoms. The summed E-state index contributed by atoms with van der Waals surface area (Å²) in [6, 6.07) is 0.0676. The van der Waals surface area contributed by atoms with Crippen molar-refractivity contribution in [2.45, 2.75) is 26.3 Å². The zero-order valence-corrected chi connectivity index (χ0v) is 10.5. The van der Waals surface area contributed by atoms with E-state index in [1.54, 1.807) is 4.90 Å². The van der Waals surface area contributed by atoms with E-state index in [9.17, 15) is 9.59 Å². The molecule has 0 aromatic carbocycles. The van der Waals surface area contributed by atoms with Gasteiger partial charge >= 0.3 is 12.0 Å². The zero-order valence-electron chi connectivity index (χ0n) is 10.5. The van der Waals surface area contributed by atoms with Crippen molar-refractivity contribution in [1.29, 1.82) is 0 Å². The molecule has 0 aromatic heterocycles. The average Bonchev–Trinajstić information content (AvgIpc) is 2.41. The summed E-state index contributed by atoms with van der Waals surface area (Å²) in [7, 11) is 0. The molecule has 2 N–H and O–H groups in total. The lowest BCUT2D eigenvalue weighted by molar-refractivity contribution is -0.138. The van der Waals surface area contributed by atoms with E-state index in [0.717, 1.165) is 13.0 Å². The lowest BCUT2D eigenvalue weighted by Crippen LogP contribution is -2.44. The van der Waals surface area contributed by atoms with E-state index in [1.165, 1.54) is 0 Å². The Kier molecular flexibility index (Phi) is 5.21. The van der Waals surface area contributed by atoms with Crippen LogP contribution in [0.1, 0.15) is 20.3 Å². The minimum atomic E-state index is -0.815. The van der Waals surface area contributed by atoms with Gasteiger partial charge < -0.3 is 15.3 Å². The molecule has 0 atom stereocenters. The van der Waals surface area contributed by atoms with Gasteiger partial charge in [0.15, 0.2) is 0 Å². The number of carboxylic acids is 1. The van der Waals surface area contributed by atoms with Crippen LogP contribution in [-0.2, 0) is 4.79 Å². The molecule has 1 saturated heterocycles. The van der Waals surface area contributed by atoms with Gasteiger partial charge in [-0.1, -0.05) is 0 Å². The van der Waals surface area contributed by atoms with E-state index in [4.69, 9.17) is 5.11 Å². The fourth-order valence-corrected chi connectivity index (χ4v) is 1.86. The number of urea groups is 1. The Morgan fingerprint density at radius 2 is 1.94 bits per heavy atom. The summed E-state index contributed by atoms with van der Waals surface area (Å²) in [5.41, 5.74) is 0. The molecule has 1 aliphatic heterocycles. The normalized spacial score (nSPS) is 17.9. The lowest BCUT2D eigenvalue weighted by Gasteiger charge is -2.22. The molecule has 17 heavy (non-hydrogen) atoms. The maximum Gasteiger partial charge on any atom is 0.317 e. The molecule has 0 radical (unpaired) electrons. The van der Waals surface area contributed by atoms with Crippen molar-refractivity contribution in [2.24, 2.45) is 0 Å². The van der Waals surface area contributed by atoms with Gasteiger partial charge in [0, 0.05) is 32.2 Å². The summed E-state index contributed by atoms with van der Waals surface area (Å²) in [5, 5.41) is 11.6. The smallest absolute Gasteiger partial charge is 0.317 e. The Bertz CT molecular complexity index is 281. The van der Waals surface area contributed by atoms with Gasteiger partial charge in [0.25, 0.3) is 0 Å². The molecule has 1 aliphatic rings. The molecule has 2 amide bonds. The Labute approximate surface area is 102 Å². The van der Waals surface area contributed by atoms with Crippen LogP contribution in [0.15, 0.2) is 0 Å². The standard InChI is InChI=1S/C11H21N3O3/c1-9(2)12-11(17)14-5-3-4-13(6-7-14)8-10(15)16/h9H,3-8H2,1-2H3,(H,12,17)(H,15,16). The minimum Gasteiger partial charge on any atom is -0.480 e. The van der Waals surface area contributed by atoms with E-state index in [1.807, 2.05) is 18.7 Å². The van der Waals surface area contributed by atoms with E-state index in [-0.39, 0.29) is 18.6 Å². The number of hydrogen-bond donors (Lipinski definition) is 2. The molecule has 0 aromatic rings. The number of nitrogens with zero attached hydrogens (tertiary/aromatic N) is 2. The van der Waals surface area contributed by atoms with Gasteiger partial charge in [-0.2, -0.15) is 0 Å². The lowest BCUT2D eigenvalue weighted by atomic mass is 10.4. The number of rotatable bonds is 3. The first-order valence-corrected chi connectivity index (χ1v) is 5.98. The van der Waals surface area contributed by atoms with E-state index >= 15 is 0 Å². The molecular weight excluding hydrogens is 222 g/mol. The largest absolute Gasteiger partial charge is 0.480 e. The Hall–Kier alpha value is -1.30. The highest BCUT2D eigenvalue weighted by molar-refractivity contribution is 5.74. The van der Waals surface area contributed by atoms with Crippen molar-refractivity contribution in [2.75, 3.05) is 32.7 Å². The fraction of sp³-hybridized carbons (Fsp3) is 0.818. The second-order valence-electron chi connectivity index (χ2n) is 4.61. The van der Waals surface area contributed by atoms with E-state index < -0.39 is 5.97 Å². The van der Waals surface area contributed by atoms with Gasteiger partial charge in [0.2, 0.25) is 0 Å². The van der Waals surface area contributed by atoms with Gasteiger partial charge in [-0.15, -0.1) is 0 Å². The second-order valence-corrected chi connectivity index (χ2v) is 4.61. The first-order valence-electron chi connectivity index (χ1n) is 5.98. The Morgan fingerprint density at radius 3 is 2.53 bits per heavy atom. The number of nitrogens with one attached hydrogen (secondary N) is 1. The van der Waals surface area contributed by atoms with Crippen LogP contribution >= 0.6 is 0 Å². The number of hydrogen-bond acceptors (Lipinski definition) is 3. The van der Waals surface area contributed by atoms with Crippen molar-refractivity contribution < 1.29 is 14.7 Å². The topological polar surface area (TPSA) is 72.9 Å². The highest BCUT2D eigenvalue weighted by Crippen LogP contribution is 2.03. The molecule has 6 heteroatoms. The predicted molar refractivity (Wildman–Crippen MR) is 63.9 cm³/mol. The molecule has 6 nitrogen and oxygen atoms in total. The third-order valence-electron chi connectivity index (χ3n) is 2.65. The fourth-order valence-electron chi connectivity index (χ4n) is 1.86. The average molecular weight is 243 g/mol. The molecule has 1 fully saturated rings. The summed E-state index contributed by atoms with van der Waals surface area (Å²) in [6.07, 6.45) is 0.818. The van der Waals surface area contributed by atoms with Crippen LogP contribution in [0, 0.1) is 0 Å². The predicted octanol–water partition coefficient (Wildman–Crippen LogP) is 0.197. The monoisotopic (exact) mass is 243 g/mol. The van der Waals surface area contributed by atoms with Crippen LogP contribution in [0.2, 0.25) is 0 Å². The van der Waals surface area contributed by atoms with Crippen LogP contribution in [-0.4, -0.2) is 65.7 Å². The number of carbonyl (C=O) groups excluding carboxylic acids is 1. The molecule has 1 heterocycles. The molecule has 1 rings (SSSR count). The quantitative estimate of drug-likeness (QED) is 0.742. The van der Waals surface area contributed by atoms with Crippen LogP contribution < -0.4 is 5.32 Å². The van der Waals surface area contributed by atoms with Gasteiger partial charge in [0.1, 0.15) is 0 Å². The molecular formula is C11H21N3O3. The summed E-state index contributed by atoms with van der Waals surface area (Å²) in [4.78, 5) is 26.0. The summed E-state index contributed by atoms with van der Waals surface area (Å²) >= 11 is 0. The highest BCUT2D eigenvalue weighted by atomic mass is 16.4. The van der Waals surface area contributed by atoms with Crippen LogP contribution in [0.3, 0.4) is 0 Å². The van der Waals surface area contributed by atoms with Crippen molar-refractivity contribution >= 4 is 12.0 Å². The Balaban J connectivity index is 2.41. The Morgan fingerprint density at radius 1 is 1.24 bits per heavy atom. The highest BCUT2D eigenvalue weighted by Gasteiger charge is 2.20. The van der Waals surface area contributed by atoms with Crippen LogP contribution in [0.5, 0.6) is 0 Å².